The van der Waals surface area contributed by atoms with Gasteiger partial charge in [-0.05, 0) is 42.0 Å². The highest BCUT2D eigenvalue weighted by atomic mass is 35.5. The fraction of sp³-hybridized carbons (Fsp3) is 0.188. The maximum absolute atomic E-state index is 12.1. The molecule has 0 bridgehead atoms. The average molecular weight is 303 g/mol. The van der Waals surface area contributed by atoms with Crippen LogP contribution < -0.4 is 15.4 Å². The van der Waals surface area contributed by atoms with Crippen LogP contribution in [0.5, 0.6) is 5.75 Å². The normalized spacial score (nSPS) is 21.1. The minimum atomic E-state index is -0.519. The van der Waals surface area contributed by atoms with E-state index < -0.39 is 6.04 Å². The van der Waals surface area contributed by atoms with Crippen molar-refractivity contribution in [3.63, 3.8) is 0 Å². The highest BCUT2D eigenvalue weighted by molar-refractivity contribution is 6.30. The SMILES string of the molecule is COc1ccc([C@H]2[C@@H](N)C(=O)N2c2ccc(Cl)cc2)cc1. The van der Waals surface area contributed by atoms with Gasteiger partial charge in [0.25, 0.3) is 0 Å². The molecule has 21 heavy (non-hydrogen) atoms. The number of ether oxygens (including phenoxy) is 1. The average Bonchev–Trinajstić information content (AvgIpc) is 2.53. The Balaban J connectivity index is 1.92. The van der Waals surface area contributed by atoms with E-state index >= 15 is 0 Å². The molecule has 0 unspecified atom stereocenters. The minimum Gasteiger partial charge on any atom is -0.497 e. The van der Waals surface area contributed by atoms with Crippen LogP contribution in [0.3, 0.4) is 0 Å². The fourth-order valence-corrected chi connectivity index (χ4v) is 2.68. The van der Waals surface area contributed by atoms with Gasteiger partial charge in [0.05, 0.1) is 13.2 Å². The third-order valence-electron chi connectivity index (χ3n) is 3.70. The number of nitrogens with two attached hydrogens (primary N) is 1. The molecule has 2 aromatic carbocycles. The van der Waals surface area contributed by atoms with E-state index in [1.54, 1.807) is 24.1 Å². The third-order valence-corrected chi connectivity index (χ3v) is 3.96. The molecule has 1 aliphatic rings. The van der Waals surface area contributed by atoms with E-state index in [1.807, 2.05) is 36.4 Å². The summed E-state index contributed by atoms with van der Waals surface area (Å²) >= 11 is 5.89. The molecular formula is C16H15ClN2O2. The minimum absolute atomic E-state index is 0.0851. The second kappa shape index (κ2) is 5.39. The van der Waals surface area contributed by atoms with Gasteiger partial charge in [-0.15, -0.1) is 0 Å². The Bertz CT molecular complexity index is 655. The first-order valence-electron chi connectivity index (χ1n) is 6.60. The third kappa shape index (κ3) is 2.37. The number of carbonyl (C=O) groups excluding carboxylic acids is 1. The fourth-order valence-electron chi connectivity index (χ4n) is 2.56. The first kappa shape index (κ1) is 13.9. The first-order chi connectivity index (χ1) is 10.1. The molecule has 3 rings (SSSR count). The van der Waals surface area contributed by atoms with Gasteiger partial charge in [0.1, 0.15) is 11.8 Å². The lowest BCUT2D eigenvalue weighted by Crippen LogP contribution is -2.63. The van der Waals surface area contributed by atoms with Crippen LogP contribution in [-0.2, 0) is 4.79 Å². The molecule has 1 aliphatic heterocycles. The van der Waals surface area contributed by atoms with Crippen molar-refractivity contribution in [3.8, 4) is 5.75 Å². The lowest BCUT2D eigenvalue weighted by atomic mass is 9.88. The molecule has 5 heteroatoms. The number of rotatable bonds is 3. The summed E-state index contributed by atoms with van der Waals surface area (Å²) in [5, 5.41) is 0.636. The Morgan fingerprint density at radius 3 is 2.29 bits per heavy atom. The summed E-state index contributed by atoms with van der Waals surface area (Å²) < 4.78 is 5.15. The van der Waals surface area contributed by atoms with E-state index in [0.29, 0.717) is 5.02 Å². The van der Waals surface area contributed by atoms with Crippen molar-refractivity contribution in [2.24, 2.45) is 5.73 Å². The summed E-state index contributed by atoms with van der Waals surface area (Å²) in [6, 6.07) is 14.1. The number of benzene rings is 2. The molecule has 108 valence electrons. The maximum atomic E-state index is 12.1. The van der Waals surface area contributed by atoms with Crippen LogP contribution >= 0.6 is 11.6 Å². The van der Waals surface area contributed by atoms with Crippen molar-refractivity contribution in [1.29, 1.82) is 0 Å². The number of β-lactam (4-membered cyclic amide) rings is 1. The van der Waals surface area contributed by atoms with Crippen LogP contribution in [0.4, 0.5) is 5.69 Å². The van der Waals surface area contributed by atoms with Crippen molar-refractivity contribution >= 4 is 23.2 Å². The topological polar surface area (TPSA) is 55.6 Å². The smallest absolute Gasteiger partial charge is 0.247 e. The number of halogens is 1. The van der Waals surface area contributed by atoms with Crippen LogP contribution in [0.25, 0.3) is 0 Å². The van der Waals surface area contributed by atoms with E-state index in [2.05, 4.69) is 0 Å². The molecule has 0 aromatic heterocycles. The number of anilines is 1. The van der Waals surface area contributed by atoms with E-state index in [0.717, 1.165) is 17.0 Å². The van der Waals surface area contributed by atoms with E-state index in [9.17, 15) is 4.79 Å². The lowest BCUT2D eigenvalue weighted by molar-refractivity contribution is -0.126. The van der Waals surface area contributed by atoms with E-state index in [1.165, 1.54) is 0 Å². The van der Waals surface area contributed by atoms with Crippen molar-refractivity contribution < 1.29 is 9.53 Å². The lowest BCUT2D eigenvalue weighted by Gasteiger charge is -2.45. The number of amides is 1. The zero-order valence-corrected chi connectivity index (χ0v) is 12.2. The standard InChI is InChI=1S/C16H15ClN2O2/c1-21-13-8-2-10(3-9-13)15-14(18)16(20)19(15)12-6-4-11(17)5-7-12/h2-9,14-15H,18H2,1H3/t14-,15+/m1/s1. The largest absolute Gasteiger partial charge is 0.497 e. The second-order valence-corrected chi connectivity index (χ2v) is 5.36. The molecule has 1 saturated heterocycles. The molecule has 0 saturated carbocycles. The number of hydrogen-bond acceptors (Lipinski definition) is 3. The molecule has 0 aliphatic carbocycles. The van der Waals surface area contributed by atoms with Crippen molar-refractivity contribution in [3.05, 3.63) is 59.1 Å². The van der Waals surface area contributed by atoms with Gasteiger partial charge in [-0.25, -0.2) is 0 Å². The molecule has 0 spiro atoms. The number of carbonyl (C=O) groups is 1. The summed E-state index contributed by atoms with van der Waals surface area (Å²) in [7, 11) is 1.62. The van der Waals surface area contributed by atoms with Crippen LogP contribution in [-0.4, -0.2) is 19.1 Å². The Labute approximate surface area is 128 Å². The highest BCUT2D eigenvalue weighted by Crippen LogP contribution is 2.38. The van der Waals surface area contributed by atoms with Gasteiger partial charge in [0, 0.05) is 10.7 Å². The van der Waals surface area contributed by atoms with Gasteiger partial charge in [-0.1, -0.05) is 23.7 Å². The van der Waals surface area contributed by atoms with Crippen LogP contribution in [0, 0.1) is 0 Å². The zero-order chi connectivity index (χ0) is 15.0. The number of methoxy groups -OCH3 is 1. The van der Waals surface area contributed by atoms with Gasteiger partial charge in [-0.2, -0.15) is 0 Å². The summed E-state index contributed by atoms with van der Waals surface area (Å²) in [4.78, 5) is 13.8. The zero-order valence-electron chi connectivity index (χ0n) is 11.5. The van der Waals surface area contributed by atoms with Crippen LogP contribution in [0.2, 0.25) is 5.02 Å². The molecule has 2 aromatic rings. The van der Waals surface area contributed by atoms with Gasteiger partial charge >= 0.3 is 0 Å². The molecule has 1 amide bonds. The second-order valence-electron chi connectivity index (χ2n) is 4.93. The summed E-state index contributed by atoms with van der Waals surface area (Å²) in [5.74, 6) is 0.689. The molecule has 1 fully saturated rings. The summed E-state index contributed by atoms with van der Waals surface area (Å²) in [5.41, 5.74) is 7.76. The maximum Gasteiger partial charge on any atom is 0.247 e. The summed E-state index contributed by atoms with van der Waals surface area (Å²) in [6.45, 7) is 0. The Hall–Kier alpha value is -2.04. The van der Waals surface area contributed by atoms with Crippen molar-refractivity contribution in [1.82, 2.24) is 0 Å². The Morgan fingerprint density at radius 2 is 1.71 bits per heavy atom. The molecule has 2 atom stereocenters. The molecular weight excluding hydrogens is 288 g/mol. The van der Waals surface area contributed by atoms with Crippen LogP contribution in [0.1, 0.15) is 11.6 Å². The Morgan fingerprint density at radius 1 is 1.10 bits per heavy atom. The summed E-state index contributed by atoms with van der Waals surface area (Å²) in [6.07, 6.45) is 0. The van der Waals surface area contributed by atoms with Gasteiger partial charge in [0.15, 0.2) is 0 Å². The predicted molar refractivity (Wildman–Crippen MR) is 82.6 cm³/mol. The number of nitrogens with zero attached hydrogens (tertiary/aromatic N) is 1. The van der Waals surface area contributed by atoms with Gasteiger partial charge in [-0.3, -0.25) is 4.79 Å². The molecule has 4 nitrogen and oxygen atoms in total. The monoisotopic (exact) mass is 302 g/mol. The van der Waals surface area contributed by atoms with Gasteiger partial charge in [0.2, 0.25) is 5.91 Å². The molecule has 1 heterocycles. The van der Waals surface area contributed by atoms with E-state index in [-0.39, 0.29) is 11.9 Å². The molecule has 2 N–H and O–H groups in total. The van der Waals surface area contributed by atoms with Crippen molar-refractivity contribution in [2.45, 2.75) is 12.1 Å². The van der Waals surface area contributed by atoms with Crippen LogP contribution in [0.15, 0.2) is 48.5 Å². The predicted octanol–water partition coefficient (Wildman–Crippen LogP) is 2.76. The van der Waals surface area contributed by atoms with E-state index in [4.69, 9.17) is 22.1 Å². The molecule has 0 radical (unpaired) electrons. The highest BCUT2D eigenvalue weighted by Gasteiger charge is 2.46. The number of hydrogen-bond donors (Lipinski definition) is 1. The first-order valence-corrected chi connectivity index (χ1v) is 6.98. The quantitative estimate of drug-likeness (QED) is 0.887. The Kier molecular flexibility index (Phi) is 3.57. The van der Waals surface area contributed by atoms with Gasteiger partial charge < -0.3 is 15.4 Å². The van der Waals surface area contributed by atoms with Crippen molar-refractivity contribution in [2.75, 3.05) is 12.0 Å².